The normalized spacial score (nSPS) is 10.1. The number of rotatable bonds is 2. The molecule has 4 nitrogen and oxygen atoms in total. The van der Waals surface area contributed by atoms with E-state index in [0.717, 1.165) is 22.8 Å². The van der Waals surface area contributed by atoms with Gasteiger partial charge in [0.05, 0.1) is 23.2 Å². The zero-order valence-corrected chi connectivity index (χ0v) is 8.45. The first-order valence-corrected chi connectivity index (χ1v) is 5.12. The molecule has 5 heteroatoms. The summed E-state index contributed by atoms with van der Waals surface area (Å²) in [5.74, 6) is 0. The number of aromatic nitrogens is 2. The van der Waals surface area contributed by atoms with Crippen molar-refractivity contribution >= 4 is 22.8 Å². The van der Waals surface area contributed by atoms with Crippen LogP contribution >= 0.6 is 11.8 Å². The number of hydrogen-bond donors (Lipinski definition) is 1. The second-order valence-corrected chi connectivity index (χ2v) is 3.91. The van der Waals surface area contributed by atoms with Crippen LogP contribution in [0.15, 0.2) is 29.4 Å². The zero-order valence-electron chi connectivity index (χ0n) is 7.64. The Morgan fingerprint density at radius 2 is 2.00 bits per heavy atom. The fraction of sp³-hybridized carbons (Fsp3) is 0.100. The molecule has 1 heterocycles. The van der Waals surface area contributed by atoms with Gasteiger partial charge in [0.15, 0.2) is 10.4 Å². The van der Waals surface area contributed by atoms with Crippen molar-refractivity contribution in [1.82, 2.24) is 9.97 Å². The summed E-state index contributed by atoms with van der Waals surface area (Å²) in [5.41, 5.74) is 1.75. The molecule has 0 radical (unpaired) electrons. The maximum Gasteiger partial charge on any atom is 0.185 e. The average molecular weight is 214 g/mol. The maximum absolute atomic E-state index is 8.63. The number of benzene rings is 1. The quantitative estimate of drug-likeness (QED) is 0.776. The number of imidazole rings is 1. The fourth-order valence-corrected chi connectivity index (χ4v) is 1.83. The lowest BCUT2D eigenvalue weighted by molar-refractivity contribution is 1.08. The summed E-state index contributed by atoms with van der Waals surface area (Å²) < 4.78 is 0. The van der Waals surface area contributed by atoms with E-state index in [0.29, 0.717) is 5.16 Å². The van der Waals surface area contributed by atoms with Crippen molar-refractivity contribution in [2.45, 2.75) is 10.4 Å². The Balaban J connectivity index is 2.31. The maximum atomic E-state index is 8.63. The van der Waals surface area contributed by atoms with E-state index in [-0.39, 0.29) is 0 Å². The van der Waals surface area contributed by atoms with Gasteiger partial charge in [0.25, 0.3) is 0 Å². The predicted octanol–water partition coefficient (Wildman–Crippen LogP) is 2.07. The van der Waals surface area contributed by atoms with E-state index in [1.165, 1.54) is 0 Å². The SMILES string of the molecule is N#CC(C#N)Sc1nc2ccccc2[nH]1. The monoisotopic (exact) mass is 214 g/mol. The molecule has 0 aliphatic heterocycles. The summed E-state index contributed by atoms with van der Waals surface area (Å²) in [4.78, 5) is 7.30. The lowest BCUT2D eigenvalue weighted by Gasteiger charge is -1.93. The molecule has 0 aliphatic carbocycles. The molecular weight excluding hydrogens is 208 g/mol. The minimum absolute atomic E-state index is 0.601. The van der Waals surface area contributed by atoms with E-state index in [2.05, 4.69) is 9.97 Å². The first kappa shape index (κ1) is 9.57. The third-order valence-electron chi connectivity index (χ3n) is 1.83. The minimum Gasteiger partial charge on any atom is -0.333 e. The van der Waals surface area contributed by atoms with Crippen LogP contribution < -0.4 is 0 Å². The molecule has 0 spiro atoms. The summed E-state index contributed by atoms with van der Waals surface area (Å²) >= 11 is 1.13. The van der Waals surface area contributed by atoms with E-state index in [9.17, 15) is 0 Å². The van der Waals surface area contributed by atoms with Gasteiger partial charge in [-0.25, -0.2) is 4.98 Å². The zero-order chi connectivity index (χ0) is 10.7. The Morgan fingerprint density at radius 3 is 2.67 bits per heavy atom. The molecule has 2 aromatic rings. The first-order valence-electron chi connectivity index (χ1n) is 4.24. The van der Waals surface area contributed by atoms with Crippen LogP contribution in [0, 0.1) is 22.7 Å². The van der Waals surface area contributed by atoms with Crippen molar-refractivity contribution in [2.24, 2.45) is 0 Å². The molecule has 1 aromatic carbocycles. The van der Waals surface area contributed by atoms with Crippen LogP contribution in [-0.2, 0) is 0 Å². The fourth-order valence-electron chi connectivity index (χ4n) is 1.18. The van der Waals surface area contributed by atoms with Gasteiger partial charge in [-0.15, -0.1) is 0 Å². The van der Waals surface area contributed by atoms with Gasteiger partial charge >= 0.3 is 0 Å². The van der Waals surface area contributed by atoms with Gasteiger partial charge in [0, 0.05) is 0 Å². The smallest absolute Gasteiger partial charge is 0.185 e. The first-order chi connectivity index (χ1) is 7.33. The topological polar surface area (TPSA) is 76.3 Å². The number of hydrogen-bond acceptors (Lipinski definition) is 4. The highest BCUT2D eigenvalue weighted by atomic mass is 32.2. The molecule has 0 amide bonds. The number of nitriles is 2. The molecule has 1 N–H and O–H groups in total. The molecule has 72 valence electrons. The van der Waals surface area contributed by atoms with Crippen LogP contribution in [0.2, 0.25) is 0 Å². The van der Waals surface area contributed by atoms with Crippen LogP contribution in [0.3, 0.4) is 0 Å². The van der Waals surface area contributed by atoms with Crippen molar-refractivity contribution in [3.63, 3.8) is 0 Å². The third-order valence-corrected chi connectivity index (χ3v) is 2.69. The standard InChI is InChI=1S/C10H6N4S/c11-5-7(6-12)15-10-13-8-3-1-2-4-9(8)14-10/h1-4,7H,(H,13,14). The largest absolute Gasteiger partial charge is 0.333 e. The van der Waals surface area contributed by atoms with Crippen molar-refractivity contribution < 1.29 is 0 Å². The van der Waals surface area contributed by atoms with E-state index >= 15 is 0 Å². The Hall–Kier alpha value is -1.98. The Kier molecular flexibility index (Phi) is 2.57. The number of nitrogens with zero attached hydrogens (tertiary/aromatic N) is 3. The molecule has 2 rings (SSSR count). The number of fused-ring (bicyclic) bond motifs is 1. The minimum atomic E-state index is -0.717. The van der Waals surface area contributed by atoms with E-state index in [4.69, 9.17) is 10.5 Å². The van der Waals surface area contributed by atoms with Crippen LogP contribution in [0.5, 0.6) is 0 Å². The van der Waals surface area contributed by atoms with Crippen LogP contribution in [0.1, 0.15) is 0 Å². The second kappa shape index (κ2) is 4.04. The highest BCUT2D eigenvalue weighted by Gasteiger charge is 2.10. The molecule has 1 aromatic heterocycles. The summed E-state index contributed by atoms with van der Waals surface area (Å²) in [6.45, 7) is 0. The van der Waals surface area contributed by atoms with Crippen LogP contribution in [-0.4, -0.2) is 15.2 Å². The molecule has 0 fully saturated rings. The van der Waals surface area contributed by atoms with Gasteiger partial charge in [0.1, 0.15) is 0 Å². The summed E-state index contributed by atoms with van der Waals surface area (Å²) in [5, 5.41) is 17.1. The molecule has 0 aliphatic rings. The van der Waals surface area contributed by atoms with Gasteiger partial charge < -0.3 is 4.98 Å². The number of nitrogens with one attached hydrogen (secondary N) is 1. The average Bonchev–Trinajstić information content (AvgIpc) is 2.68. The number of H-pyrrole nitrogens is 1. The van der Waals surface area contributed by atoms with E-state index in [1.54, 1.807) is 0 Å². The second-order valence-electron chi connectivity index (χ2n) is 2.82. The third kappa shape index (κ3) is 1.93. The van der Waals surface area contributed by atoms with Gasteiger partial charge in [-0.3, -0.25) is 0 Å². The molecule has 0 bridgehead atoms. The lowest BCUT2D eigenvalue weighted by atomic mass is 10.3. The van der Waals surface area contributed by atoms with Crippen molar-refractivity contribution in [3.8, 4) is 12.1 Å². The van der Waals surface area contributed by atoms with Gasteiger partial charge in [-0.05, 0) is 12.1 Å². The van der Waals surface area contributed by atoms with Crippen molar-refractivity contribution in [3.05, 3.63) is 24.3 Å². The number of thioether (sulfide) groups is 1. The van der Waals surface area contributed by atoms with Gasteiger partial charge in [-0.2, -0.15) is 10.5 Å². The molecule has 0 unspecified atom stereocenters. The Morgan fingerprint density at radius 1 is 1.27 bits per heavy atom. The Labute approximate surface area is 90.5 Å². The number of para-hydroxylation sites is 2. The lowest BCUT2D eigenvalue weighted by Crippen LogP contribution is -1.93. The molecular formula is C10H6N4S. The summed E-state index contributed by atoms with van der Waals surface area (Å²) in [6, 6.07) is 11.4. The van der Waals surface area contributed by atoms with E-state index in [1.807, 2.05) is 36.4 Å². The van der Waals surface area contributed by atoms with E-state index < -0.39 is 5.25 Å². The summed E-state index contributed by atoms with van der Waals surface area (Å²) in [7, 11) is 0. The highest BCUT2D eigenvalue weighted by Crippen LogP contribution is 2.22. The van der Waals surface area contributed by atoms with Gasteiger partial charge in [0.2, 0.25) is 0 Å². The van der Waals surface area contributed by atoms with Crippen LogP contribution in [0.4, 0.5) is 0 Å². The molecule has 0 atom stereocenters. The van der Waals surface area contributed by atoms with Crippen LogP contribution in [0.25, 0.3) is 11.0 Å². The Bertz CT molecular complexity index is 514. The molecule has 0 saturated carbocycles. The number of aromatic amines is 1. The molecule has 15 heavy (non-hydrogen) atoms. The van der Waals surface area contributed by atoms with Crippen molar-refractivity contribution in [1.29, 1.82) is 10.5 Å². The van der Waals surface area contributed by atoms with Gasteiger partial charge in [-0.1, -0.05) is 23.9 Å². The van der Waals surface area contributed by atoms with Crippen molar-refractivity contribution in [2.75, 3.05) is 0 Å². The molecule has 0 saturated heterocycles. The summed E-state index contributed by atoms with van der Waals surface area (Å²) in [6.07, 6.45) is 0. The highest BCUT2D eigenvalue weighted by molar-refractivity contribution is 8.00. The predicted molar refractivity (Wildman–Crippen MR) is 57.0 cm³/mol.